The van der Waals surface area contributed by atoms with Crippen LogP contribution in [0.1, 0.15) is 47.0 Å². The van der Waals surface area contributed by atoms with Gasteiger partial charge in [0.2, 0.25) is 0 Å². The molecule has 0 N–H and O–H groups in total. The van der Waals surface area contributed by atoms with Crippen molar-refractivity contribution in [3.63, 3.8) is 0 Å². The predicted molar refractivity (Wildman–Crippen MR) is 48.5 cm³/mol. The van der Waals surface area contributed by atoms with E-state index in [-0.39, 0.29) is 0 Å². The molecule has 0 aromatic rings. The van der Waals surface area contributed by atoms with Crippen molar-refractivity contribution in [3.8, 4) is 0 Å². The zero-order chi connectivity index (χ0) is 8.85. The van der Waals surface area contributed by atoms with Crippen molar-refractivity contribution in [1.29, 1.82) is 0 Å². The number of carbonyl (C=O) groups is 1. The lowest BCUT2D eigenvalue weighted by Gasteiger charge is -2.11. The van der Waals surface area contributed by atoms with E-state index in [0.717, 1.165) is 18.8 Å². The lowest BCUT2D eigenvalue weighted by molar-refractivity contribution is -0.121. The zero-order valence-electron chi connectivity index (χ0n) is 8.18. The molecule has 11 heavy (non-hydrogen) atoms. The summed E-state index contributed by atoms with van der Waals surface area (Å²) in [4.78, 5) is 11.0. The number of carbonyl (C=O) groups excluding carboxylic acids is 1. The van der Waals surface area contributed by atoms with Gasteiger partial charge in [0, 0.05) is 5.92 Å². The zero-order valence-corrected chi connectivity index (χ0v) is 8.18. The standard InChI is InChI=1S/C10H20O/c1-5-10(9(4)11)7-6-8(2)3/h8,10H,5-7H2,1-4H3. The highest BCUT2D eigenvalue weighted by atomic mass is 16.1. The fourth-order valence-electron chi connectivity index (χ4n) is 1.23. The third-order valence-corrected chi connectivity index (χ3v) is 2.16. The smallest absolute Gasteiger partial charge is 0.132 e. The van der Waals surface area contributed by atoms with Crippen molar-refractivity contribution in [3.05, 3.63) is 0 Å². The Hall–Kier alpha value is -0.330. The van der Waals surface area contributed by atoms with Crippen LogP contribution in [0, 0.1) is 11.8 Å². The fraction of sp³-hybridized carbons (Fsp3) is 0.900. The van der Waals surface area contributed by atoms with E-state index >= 15 is 0 Å². The molecule has 0 heterocycles. The van der Waals surface area contributed by atoms with Gasteiger partial charge in [-0.3, -0.25) is 4.79 Å². The van der Waals surface area contributed by atoms with E-state index in [0.29, 0.717) is 11.7 Å². The molecule has 0 aromatic heterocycles. The number of hydrogen-bond donors (Lipinski definition) is 0. The van der Waals surface area contributed by atoms with E-state index < -0.39 is 0 Å². The Morgan fingerprint density at radius 1 is 1.27 bits per heavy atom. The molecule has 1 nitrogen and oxygen atoms in total. The Kier molecular flexibility index (Phi) is 5.18. The minimum absolute atomic E-state index is 0.317. The molecule has 0 fully saturated rings. The highest BCUT2D eigenvalue weighted by molar-refractivity contribution is 5.78. The average molecular weight is 156 g/mol. The van der Waals surface area contributed by atoms with Crippen LogP contribution in [0.4, 0.5) is 0 Å². The molecule has 0 spiro atoms. The molecule has 66 valence electrons. The summed E-state index contributed by atoms with van der Waals surface area (Å²) in [6, 6.07) is 0. The summed E-state index contributed by atoms with van der Waals surface area (Å²) in [5.41, 5.74) is 0. The topological polar surface area (TPSA) is 17.1 Å². The molecule has 0 aliphatic rings. The Morgan fingerprint density at radius 3 is 2.09 bits per heavy atom. The van der Waals surface area contributed by atoms with Gasteiger partial charge in [0.25, 0.3) is 0 Å². The average Bonchev–Trinajstić information content (AvgIpc) is 1.87. The Morgan fingerprint density at radius 2 is 1.82 bits per heavy atom. The van der Waals surface area contributed by atoms with Gasteiger partial charge in [-0.1, -0.05) is 27.2 Å². The highest BCUT2D eigenvalue weighted by Gasteiger charge is 2.11. The summed E-state index contributed by atoms with van der Waals surface area (Å²) in [5.74, 6) is 1.40. The third kappa shape index (κ3) is 5.00. The first kappa shape index (κ1) is 10.7. The van der Waals surface area contributed by atoms with Crippen molar-refractivity contribution in [2.75, 3.05) is 0 Å². The number of Topliss-reactive ketones (excluding diaryl/α,β-unsaturated/α-hetero) is 1. The number of rotatable bonds is 5. The van der Waals surface area contributed by atoms with E-state index in [1.54, 1.807) is 6.92 Å². The third-order valence-electron chi connectivity index (χ3n) is 2.16. The van der Waals surface area contributed by atoms with Gasteiger partial charge in [-0.2, -0.15) is 0 Å². The molecule has 0 saturated carbocycles. The van der Waals surface area contributed by atoms with E-state index in [1.165, 1.54) is 6.42 Å². The van der Waals surface area contributed by atoms with Gasteiger partial charge in [0.15, 0.2) is 0 Å². The SMILES string of the molecule is CCC(CCC(C)C)C(C)=O. The van der Waals surface area contributed by atoms with Crippen molar-refractivity contribution >= 4 is 5.78 Å². The summed E-state index contributed by atoms with van der Waals surface area (Å²) >= 11 is 0. The molecule has 1 atom stereocenters. The monoisotopic (exact) mass is 156 g/mol. The normalized spacial score (nSPS) is 13.5. The Labute approximate surface area is 70.2 Å². The molecule has 0 aliphatic carbocycles. The van der Waals surface area contributed by atoms with Crippen LogP contribution in [0.5, 0.6) is 0 Å². The Balaban J connectivity index is 3.61. The largest absolute Gasteiger partial charge is 0.300 e. The Bertz CT molecular complexity index is 116. The minimum atomic E-state index is 0.317. The minimum Gasteiger partial charge on any atom is -0.300 e. The molecule has 1 heteroatoms. The van der Waals surface area contributed by atoms with Gasteiger partial charge >= 0.3 is 0 Å². The lowest BCUT2D eigenvalue weighted by Crippen LogP contribution is -2.10. The molecule has 0 aromatic carbocycles. The van der Waals surface area contributed by atoms with Crippen LogP contribution in [-0.2, 0) is 4.79 Å². The van der Waals surface area contributed by atoms with Crippen LogP contribution in [-0.4, -0.2) is 5.78 Å². The van der Waals surface area contributed by atoms with E-state index in [2.05, 4.69) is 20.8 Å². The second-order valence-corrected chi connectivity index (χ2v) is 3.69. The molecule has 0 amide bonds. The van der Waals surface area contributed by atoms with Crippen LogP contribution in [0.15, 0.2) is 0 Å². The first-order chi connectivity index (χ1) is 5.07. The highest BCUT2D eigenvalue weighted by Crippen LogP contribution is 2.15. The fourth-order valence-corrected chi connectivity index (χ4v) is 1.23. The quantitative estimate of drug-likeness (QED) is 0.598. The first-order valence-corrected chi connectivity index (χ1v) is 4.58. The summed E-state index contributed by atoms with van der Waals surface area (Å²) in [5, 5.41) is 0. The van der Waals surface area contributed by atoms with Gasteiger partial charge in [-0.05, 0) is 25.7 Å². The van der Waals surface area contributed by atoms with Crippen LogP contribution in [0.25, 0.3) is 0 Å². The molecular formula is C10H20O. The summed E-state index contributed by atoms with van der Waals surface area (Å²) in [7, 11) is 0. The summed E-state index contributed by atoms with van der Waals surface area (Å²) in [6.07, 6.45) is 3.25. The van der Waals surface area contributed by atoms with Crippen molar-refractivity contribution in [1.82, 2.24) is 0 Å². The van der Waals surface area contributed by atoms with Crippen molar-refractivity contribution in [2.45, 2.75) is 47.0 Å². The molecule has 0 aliphatic heterocycles. The van der Waals surface area contributed by atoms with Crippen LogP contribution in [0.3, 0.4) is 0 Å². The lowest BCUT2D eigenvalue weighted by atomic mass is 9.93. The maximum Gasteiger partial charge on any atom is 0.132 e. The summed E-state index contributed by atoms with van der Waals surface area (Å²) in [6.45, 7) is 8.20. The number of ketones is 1. The van der Waals surface area contributed by atoms with E-state index in [9.17, 15) is 4.79 Å². The molecular weight excluding hydrogens is 136 g/mol. The van der Waals surface area contributed by atoms with Crippen LogP contribution < -0.4 is 0 Å². The van der Waals surface area contributed by atoms with Gasteiger partial charge in [0.1, 0.15) is 5.78 Å². The van der Waals surface area contributed by atoms with Crippen molar-refractivity contribution in [2.24, 2.45) is 11.8 Å². The van der Waals surface area contributed by atoms with Crippen LogP contribution >= 0.6 is 0 Å². The molecule has 1 unspecified atom stereocenters. The van der Waals surface area contributed by atoms with Gasteiger partial charge < -0.3 is 0 Å². The second kappa shape index (κ2) is 5.34. The van der Waals surface area contributed by atoms with Gasteiger partial charge in [-0.25, -0.2) is 0 Å². The number of hydrogen-bond acceptors (Lipinski definition) is 1. The van der Waals surface area contributed by atoms with Gasteiger partial charge in [-0.15, -0.1) is 0 Å². The molecule has 0 radical (unpaired) electrons. The van der Waals surface area contributed by atoms with E-state index in [1.807, 2.05) is 0 Å². The maximum atomic E-state index is 11.0. The first-order valence-electron chi connectivity index (χ1n) is 4.58. The van der Waals surface area contributed by atoms with Gasteiger partial charge in [0.05, 0.1) is 0 Å². The summed E-state index contributed by atoms with van der Waals surface area (Å²) < 4.78 is 0. The molecule has 0 bridgehead atoms. The second-order valence-electron chi connectivity index (χ2n) is 3.69. The van der Waals surface area contributed by atoms with E-state index in [4.69, 9.17) is 0 Å². The molecule has 0 saturated heterocycles. The maximum absolute atomic E-state index is 11.0. The predicted octanol–water partition coefficient (Wildman–Crippen LogP) is 3.04. The molecule has 0 rings (SSSR count). The van der Waals surface area contributed by atoms with Crippen molar-refractivity contribution < 1.29 is 4.79 Å². The van der Waals surface area contributed by atoms with Crippen LogP contribution in [0.2, 0.25) is 0 Å².